The molecule has 7 heteroatoms. The molecule has 1 aromatic carbocycles. The average molecular weight is 297 g/mol. The molecule has 2 rings (SSSR count). The molecule has 3 N–H and O–H groups in total. The summed E-state index contributed by atoms with van der Waals surface area (Å²) < 4.78 is 0. The van der Waals surface area contributed by atoms with Gasteiger partial charge in [-0.2, -0.15) is 0 Å². The molecule has 1 aromatic heterocycles. The van der Waals surface area contributed by atoms with Gasteiger partial charge in [-0.15, -0.1) is 10.2 Å². The number of hydrogen-bond donors (Lipinski definition) is 2. The van der Waals surface area contributed by atoms with Crippen LogP contribution >= 0.6 is 22.9 Å². The Hall–Kier alpha value is -1.50. The van der Waals surface area contributed by atoms with Gasteiger partial charge >= 0.3 is 0 Å². The third-order valence-corrected chi connectivity index (χ3v) is 3.54. The Balaban J connectivity index is 1.98. The number of amides is 1. The smallest absolute Gasteiger partial charge is 0.257 e. The lowest BCUT2D eigenvalue weighted by atomic mass is 10.2. The Morgan fingerprint density at radius 1 is 1.32 bits per heavy atom. The van der Waals surface area contributed by atoms with Crippen molar-refractivity contribution in [3.05, 3.63) is 39.9 Å². The first-order valence-electron chi connectivity index (χ1n) is 5.78. The van der Waals surface area contributed by atoms with Gasteiger partial charge in [-0.25, -0.2) is 0 Å². The van der Waals surface area contributed by atoms with Crippen LogP contribution in [0.3, 0.4) is 0 Å². The van der Waals surface area contributed by atoms with Crippen molar-refractivity contribution in [3.8, 4) is 0 Å². The normalized spacial score (nSPS) is 10.4. The maximum absolute atomic E-state index is 11.9. The molecule has 1 amide bonds. The van der Waals surface area contributed by atoms with Gasteiger partial charge in [-0.05, 0) is 37.2 Å². The standard InChI is InChI=1S/C12H13ClN4OS/c13-9-5-3-8(4-6-9)11(18)15-12-17-16-10(19-12)2-1-7-14/h3-6H,1-2,7,14H2,(H,15,17,18). The van der Waals surface area contributed by atoms with Crippen LogP contribution in [0.15, 0.2) is 24.3 Å². The van der Waals surface area contributed by atoms with Gasteiger partial charge in [-0.1, -0.05) is 22.9 Å². The molecule has 0 unspecified atom stereocenters. The van der Waals surface area contributed by atoms with Crippen LogP contribution < -0.4 is 11.1 Å². The molecule has 5 nitrogen and oxygen atoms in total. The summed E-state index contributed by atoms with van der Waals surface area (Å²) in [6, 6.07) is 6.66. The quantitative estimate of drug-likeness (QED) is 0.887. The van der Waals surface area contributed by atoms with Crippen LogP contribution in [-0.2, 0) is 6.42 Å². The van der Waals surface area contributed by atoms with E-state index in [0.717, 1.165) is 17.8 Å². The van der Waals surface area contributed by atoms with Gasteiger partial charge in [0.2, 0.25) is 5.13 Å². The minimum atomic E-state index is -0.224. The SMILES string of the molecule is NCCCc1nnc(NC(=O)c2ccc(Cl)cc2)s1. The van der Waals surface area contributed by atoms with Crippen molar-refractivity contribution in [1.82, 2.24) is 10.2 Å². The predicted molar refractivity (Wildman–Crippen MR) is 76.7 cm³/mol. The summed E-state index contributed by atoms with van der Waals surface area (Å²) in [6.07, 6.45) is 1.64. The Morgan fingerprint density at radius 3 is 2.74 bits per heavy atom. The van der Waals surface area contributed by atoms with E-state index in [4.69, 9.17) is 17.3 Å². The number of aromatic nitrogens is 2. The van der Waals surface area contributed by atoms with E-state index in [9.17, 15) is 4.79 Å². The van der Waals surface area contributed by atoms with Gasteiger partial charge < -0.3 is 5.73 Å². The molecule has 0 radical (unpaired) electrons. The van der Waals surface area contributed by atoms with Gasteiger partial charge in [0, 0.05) is 17.0 Å². The summed E-state index contributed by atoms with van der Waals surface area (Å²) in [6.45, 7) is 0.617. The number of carbonyl (C=O) groups excluding carboxylic acids is 1. The molecule has 0 aliphatic rings. The molecule has 0 spiro atoms. The van der Waals surface area contributed by atoms with E-state index in [0.29, 0.717) is 22.3 Å². The van der Waals surface area contributed by atoms with Crippen molar-refractivity contribution < 1.29 is 4.79 Å². The first-order valence-corrected chi connectivity index (χ1v) is 6.98. The first-order chi connectivity index (χ1) is 9.19. The maximum atomic E-state index is 11.9. The second-order valence-electron chi connectivity index (χ2n) is 3.85. The van der Waals surface area contributed by atoms with Crippen molar-refractivity contribution in [2.45, 2.75) is 12.8 Å². The number of nitrogens with two attached hydrogens (primary N) is 1. The maximum Gasteiger partial charge on any atom is 0.257 e. The van der Waals surface area contributed by atoms with Crippen molar-refractivity contribution >= 4 is 34.0 Å². The number of carbonyl (C=O) groups is 1. The fourth-order valence-corrected chi connectivity index (χ4v) is 2.33. The lowest BCUT2D eigenvalue weighted by Crippen LogP contribution is -2.11. The van der Waals surface area contributed by atoms with Crippen LogP contribution in [0.25, 0.3) is 0 Å². The molecule has 0 saturated carbocycles. The molecule has 0 saturated heterocycles. The predicted octanol–water partition coefficient (Wildman–Crippen LogP) is 2.34. The summed E-state index contributed by atoms with van der Waals surface area (Å²) in [5, 5.41) is 12.6. The topological polar surface area (TPSA) is 80.9 Å². The first kappa shape index (κ1) is 13.9. The Morgan fingerprint density at radius 2 is 2.05 bits per heavy atom. The molecule has 0 aliphatic heterocycles. The van der Waals surface area contributed by atoms with Gasteiger partial charge in [-0.3, -0.25) is 10.1 Å². The number of aryl methyl sites for hydroxylation is 1. The Bertz CT molecular complexity index is 555. The molecular formula is C12H13ClN4OS. The van der Waals surface area contributed by atoms with E-state index < -0.39 is 0 Å². The summed E-state index contributed by atoms with van der Waals surface area (Å²) in [7, 11) is 0. The minimum absolute atomic E-state index is 0.224. The van der Waals surface area contributed by atoms with Gasteiger partial charge in [0.15, 0.2) is 0 Å². The molecule has 0 bridgehead atoms. The van der Waals surface area contributed by atoms with Gasteiger partial charge in [0.1, 0.15) is 5.01 Å². The van der Waals surface area contributed by atoms with Crippen molar-refractivity contribution in [2.75, 3.05) is 11.9 Å². The Labute approximate surface area is 119 Å². The second kappa shape index (κ2) is 6.60. The van der Waals surface area contributed by atoms with Crippen LogP contribution in [-0.4, -0.2) is 22.6 Å². The van der Waals surface area contributed by atoms with Crippen LogP contribution in [0.4, 0.5) is 5.13 Å². The zero-order valence-corrected chi connectivity index (χ0v) is 11.7. The van der Waals surface area contributed by atoms with Gasteiger partial charge in [0.25, 0.3) is 5.91 Å². The highest BCUT2D eigenvalue weighted by Gasteiger charge is 2.09. The number of hydrogen-bond acceptors (Lipinski definition) is 5. The van der Waals surface area contributed by atoms with Crippen LogP contribution in [0, 0.1) is 0 Å². The molecule has 0 atom stereocenters. The Kier molecular flexibility index (Phi) is 4.84. The largest absolute Gasteiger partial charge is 0.330 e. The fourth-order valence-electron chi connectivity index (χ4n) is 1.43. The number of nitrogens with one attached hydrogen (secondary N) is 1. The van der Waals surface area contributed by atoms with E-state index in [-0.39, 0.29) is 5.91 Å². The van der Waals surface area contributed by atoms with E-state index in [1.54, 1.807) is 24.3 Å². The van der Waals surface area contributed by atoms with Crippen LogP contribution in [0.5, 0.6) is 0 Å². The molecule has 0 fully saturated rings. The number of halogens is 1. The van der Waals surface area contributed by atoms with Crippen molar-refractivity contribution in [2.24, 2.45) is 5.73 Å². The van der Waals surface area contributed by atoms with Gasteiger partial charge in [0.05, 0.1) is 0 Å². The highest BCUT2D eigenvalue weighted by atomic mass is 35.5. The highest BCUT2D eigenvalue weighted by molar-refractivity contribution is 7.15. The zero-order valence-electron chi connectivity index (χ0n) is 10.1. The fraction of sp³-hybridized carbons (Fsp3) is 0.250. The third kappa shape index (κ3) is 3.99. The summed E-state index contributed by atoms with van der Waals surface area (Å²) in [4.78, 5) is 11.9. The number of anilines is 1. The summed E-state index contributed by atoms with van der Waals surface area (Å²) in [5.74, 6) is -0.224. The van der Waals surface area contributed by atoms with Crippen LogP contribution in [0.1, 0.15) is 21.8 Å². The molecule has 2 aromatic rings. The number of nitrogens with zero attached hydrogens (tertiary/aromatic N) is 2. The zero-order chi connectivity index (χ0) is 13.7. The third-order valence-electron chi connectivity index (χ3n) is 2.39. The molecule has 100 valence electrons. The van der Waals surface area contributed by atoms with Crippen LogP contribution in [0.2, 0.25) is 5.02 Å². The lowest BCUT2D eigenvalue weighted by Gasteiger charge is -2.00. The lowest BCUT2D eigenvalue weighted by molar-refractivity contribution is 0.102. The van der Waals surface area contributed by atoms with Crippen molar-refractivity contribution in [3.63, 3.8) is 0 Å². The average Bonchev–Trinajstić information content (AvgIpc) is 2.84. The highest BCUT2D eigenvalue weighted by Crippen LogP contribution is 2.18. The molecule has 19 heavy (non-hydrogen) atoms. The summed E-state index contributed by atoms with van der Waals surface area (Å²) in [5.41, 5.74) is 5.96. The molecular weight excluding hydrogens is 284 g/mol. The van der Waals surface area contributed by atoms with Crippen molar-refractivity contribution in [1.29, 1.82) is 0 Å². The molecule has 1 heterocycles. The summed E-state index contributed by atoms with van der Waals surface area (Å²) >= 11 is 7.13. The van der Waals surface area contributed by atoms with E-state index in [1.165, 1.54) is 11.3 Å². The second-order valence-corrected chi connectivity index (χ2v) is 5.35. The number of rotatable bonds is 5. The molecule has 0 aliphatic carbocycles. The number of benzene rings is 1. The van der Waals surface area contributed by atoms with E-state index in [2.05, 4.69) is 15.5 Å². The minimum Gasteiger partial charge on any atom is -0.330 e. The monoisotopic (exact) mass is 296 g/mol. The van der Waals surface area contributed by atoms with E-state index in [1.807, 2.05) is 0 Å². The van der Waals surface area contributed by atoms with E-state index >= 15 is 0 Å².